The lowest BCUT2D eigenvalue weighted by Gasteiger charge is -2.21. The van der Waals surface area contributed by atoms with Crippen molar-refractivity contribution in [2.45, 2.75) is 13.0 Å². The van der Waals surface area contributed by atoms with Crippen molar-refractivity contribution in [2.75, 3.05) is 26.9 Å². The third-order valence-corrected chi connectivity index (χ3v) is 5.88. The van der Waals surface area contributed by atoms with Crippen LogP contribution in [-0.4, -0.2) is 48.8 Å². The fraction of sp³-hybridized carbons (Fsp3) is 0.188. The van der Waals surface area contributed by atoms with Gasteiger partial charge in [0.25, 0.3) is 5.91 Å². The Bertz CT molecular complexity index is 1360. The van der Waals surface area contributed by atoms with Crippen LogP contribution in [0.1, 0.15) is 22.3 Å². The maximum absolute atomic E-state index is 12.9. The molecule has 0 heterocycles. The molecule has 0 fully saturated rings. The molecule has 0 atom stereocenters. The van der Waals surface area contributed by atoms with Gasteiger partial charge in [0.05, 0.1) is 20.3 Å². The molecule has 1 amide bonds. The number of benzene rings is 4. The van der Waals surface area contributed by atoms with Crippen molar-refractivity contribution in [3.05, 3.63) is 114 Å². The molecule has 0 bridgehead atoms. The summed E-state index contributed by atoms with van der Waals surface area (Å²) in [5.74, 6) is 2.11. The van der Waals surface area contributed by atoms with Crippen molar-refractivity contribution in [1.82, 2.24) is 4.90 Å². The first-order chi connectivity index (χ1) is 19.5. The maximum Gasteiger partial charge on any atom is 0.323 e. The number of nitrogens with zero attached hydrogens (tertiary/aromatic N) is 1. The smallest absolute Gasteiger partial charge is 0.323 e. The standard InChI is InChI=1S/C32H31NO7/c1-37-26-14-10-25(11-15-26)32(36)33(23-31(34)35)22-24-8-12-27(13-9-24)38-20-5-21-39-28-16-18-30(19-17-28)40-29-6-3-2-4-7-29/h2-4,6-19H,5,20-23H2,1H3,(H,34,35). The predicted octanol–water partition coefficient (Wildman–Crippen LogP) is 6.06. The van der Waals surface area contributed by atoms with E-state index in [0.29, 0.717) is 36.7 Å². The van der Waals surface area contributed by atoms with Gasteiger partial charge in [-0.1, -0.05) is 30.3 Å². The predicted molar refractivity (Wildman–Crippen MR) is 150 cm³/mol. The first-order valence-electron chi connectivity index (χ1n) is 12.8. The van der Waals surface area contributed by atoms with Crippen LogP contribution in [0.3, 0.4) is 0 Å². The van der Waals surface area contributed by atoms with Gasteiger partial charge in [-0.3, -0.25) is 9.59 Å². The lowest BCUT2D eigenvalue weighted by Crippen LogP contribution is -2.35. The summed E-state index contributed by atoms with van der Waals surface area (Å²) >= 11 is 0. The average Bonchev–Trinajstić information content (AvgIpc) is 2.98. The molecular formula is C32H31NO7. The number of carbonyl (C=O) groups excluding carboxylic acids is 1. The molecule has 206 valence electrons. The quantitative estimate of drug-likeness (QED) is 0.194. The molecule has 0 radical (unpaired) electrons. The summed E-state index contributed by atoms with van der Waals surface area (Å²) in [6, 6.07) is 30.9. The number of methoxy groups -OCH3 is 1. The molecule has 0 aliphatic rings. The molecule has 0 aliphatic heterocycles. The minimum absolute atomic E-state index is 0.153. The van der Waals surface area contributed by atoms with E-state index in [4.69, 9.17) is 18.9 Å². The highest BCUT2D eigenvalue weighted by molar-refractivity contribution is 5.95. The average molecular weight is 542 g/mol. The Kier molecular flexibility index (Phi) is 9.99. The van der Waals surface area contributed by atoms with Crippen molar-refractivity contribution >= 4 is 11.9 Å². The van der Waals surface area contributed by atoms with Crippen molar-refractivity contribution in [3.8, 4) is 28.7 Å². The second kappa shape index (κ2) is 14.2. The van der Waals surface area contributed by atoms with Crippen molar-refractivity contribution < 1.29 is 33.6 Å². The molecule has 0 aromatic heterocycles. The summed E-state index contributed by atoms with van der Waals surface area (Å²) in [5.41, 5.74) is 1.18. The number of amides is 1. The Morgan fingerprint density at radius 3 is 1.77 bits per heavy atom. The highest BCUT2D eigenvalue weighted by Gasteiger charge is 2.19. The molecule has 0 saturated heterocycles. The fourth-order valence-electron chi connectivity index (χ4n) is 3.86. The highest BCUT2D eigenvalue weighted by Crippen LogP contribution is 2.24. The molecule has 8 heteroatoms. The summed E-state index contributed by atoms with van der Waals surface area (Å²) < 4.78 is 22.5. The molecule has 0 spiro atoms. The van der Waals surface area contributed by atoms with E-state index in [-0.39, 0.29) is 12.5 Å². The van der Waals surface area contributed by atoms with Crippen LogP contribution in [0.2, 0.25) is 0 Å². The fourth-order valence-corrected chi connectivity index (χ4v) is 3.86. The summed E-state index contributed by atoms with van der Waals surface area (Å²) in [5, 5.41) is 9.31. The Balaban J connectivity index is 1.21. The Morgan fingerprint density at radius 2 is 1.20 bits per heavy atom. The van der Waals surface area contributed by atoms with Gasteiger partial charge in [0, 0.05) is 18.5 Å². The van der Waals surface area contributed by atoms with Crippen LogP contribution >= 0.6 is 0 Å². The lowest BCUT2D eigenvalue weighted by atomic mass is 10.1. The molecule has 4 rings (SSSR count). The third-order valence-electron chi connectivity index (χ3n) is 5.88. The summed E-state index contributed by atoms with van der Waals surface area (Å²) in [4.78, 5) is 25.6. The van der Waals surface area contributed by atoms with E-state index in [1.807, 2.05) is 66.7 Å². The molecule has 40 heavy (non-hydrogen) atoms. The minimum atomic E-state index is -1.08. The second-order valence-electron chi connectivity index (χ2n) is 8.86. The first-order valence-corrected chi connectivity index (χ1v) is 12.8. The Morgan fingerprint density at radius 1 is 0.675 bits per heavy atom. The zero-order chi connectivity index (χ0) is 28.2. The topological polar surface area (TPSA) is 94.5 Å². The zero-order valence-corrected chi connectivity index (χ0v) is 22.2. The monoisotopic (exact) mass is 541 g/mol. The van der Waals surface area contributed by atoms with E-state index in [0.717, 1.165) is 22.8 Å². The SMILES string of the molecule is COc1ccc(C(=O)N(CC(=O)O)Cc2ccc(OCCCOc3ccc(Oc4ccccc4)cc3)cc2)cc1. The summed E-state index contributed by atoms with van der Waals surface area (Å²) in [7, 11) is 1.54. The number of ether oxygens (including phenoxy) is 4. The van der Waals surface area contributed by atoms with Gasteiger partial charge >= 0.3 is 5.97 Å². The maximum atomic E-state index is 12.9. The van der Waals surface area contributed by atoms with Gasteiger partial charge in [0.2, 0.25) is 0 Å². The number of aliphatic carboxylic acids is 1. The molecule has 0 saturated carbocycles. The van der Waals surface area contributed by atoms with E-state index >= 15 is 0 Å². The molecule has 0 aliphatic carbocycles. The normalized spacial score (nSPS) is 10.4. The van der Waals surface area contributed by atoms with Gasteiger partial charge in [-0.25, -0.2) is 0 Å². The molecule has 8 nitrogen and oxygen atoms in total. The van der Waals surface area contributed by atoms with Crippen molar-refractivity contribution in [3.63, 3.8) is 0 Å². The summed E-state index contributed by atoms with van der Waals surface area (Å²) in [6.07, 6.45) is 0.687. The molecular weight excluding hydrogens is 510 g/mol. The lowest BCUT2D eigenvalue weighted by molar-refractivity contribution is -0.137. The number of hydrogen-bond acceptors (Lipinski definition) is 6. The van der Waals surface area contributed by atoms with Crippen molar-refractivity contribution in [2.24, 2.45) is 0 Å². The zero-order valence-electron chi connectivity index (χ0n) is 22.2. The first kappa shape index (κ1) is 28.0. The number of para-hydroxylation sites is 1. The van der Waals surface area contributed by atoms with Gasteiger partial charge in [0.1, 0.15) is 35.3 Å². The summed E-state index contributed by atoms with van der Waals surface area (Å²) in [6.45, 7) is 0.705. The number of rotatable bonds is 14. The second-order valence-corrected chi connectivity index (χ2v) is 8.86. The van der Waals surface area contributed by atoms with E-state index < -0.39 is 12.5 Å². The number of hydrogen-bond donors (Lipinski definition) is 1. The number of carbonyl (C=O) groups is 2. The van der Waals surface area contributed by atoms with E-state index in [1.54, 1.807) is 36.4 Å². The number of carboxylic acids is 1. The van der Waals surface area contributed by atoms with Crippen LogP contribution in [0.15, 0.2) is 103 Å². The molecule has 4 aromatic carbocycles. The van der Waals surface area contributed by atoms with Gasteiger partial charge in [-0.05, 0) is 78.4 Å². The highest BCUT2D eigenvalue weighted by atomic mass is 16.5. The minimum Gasteiger partial charge on any atom is -0.497 e. The van der Waals surface area contributed by atoms with Crippen LogP contribution < -0.4 is 18.9 Å². The Hall–Kier alpha value is -4.98. The van der Waals surface area contributed by atoms with Gasteiger partial charge in [-0.15, -0.1) is 0 Å². The van der Waals surface area contributed by atoms with E-state index in [2.05, 4.69) is 0 Å². The molecule has 0 unspecified atom stereocenters. The van der Waals surface area contributed by atoms with E-state index in [1.165, 1.54) is 12.0 Å². The van der Waals surface area contributed by atoms with Crippen LogP contribution in [-0.2, 0) is 11.3 Å². The Labute approximate surface area is 233 Å². The number of carboxylic acid groups (broad SMARTS) is 1. The van der Waals surface area contributed by atoms with Crippen LogP contribution in [0.5, 0.6) is 28.7 Å². The van der Waals surface area contributed by atoms with E-state index in [9.17, 15) is 14.7 Å². The molecule has 4 aromatic rings. The van der Waals surface area contributed by atoms with Crippen LogP contribution in [0, 0.1) is 0 Å². The largest absolute Gasteiger partial charge is 0.497 e. The molecule has 1 N–H and O–H groups in total. The third kappa shape index (κ3) is 8.52. The van der Waals surface area contributed by atoms with Crippen molar-refractivity contribution in [1.29, 1.82) is 0 Å². The van der Waals surface area contributed by atoms with Gasteiger partial charge in [0.15, 0.2) is 0 Å². The van der Waals surface area contributed by atoms with Gasteiger partial charge in [-0.2, -0.15) is 0 Å². The van der Waals surface area contributed by atoms with Crippen LogP contribution in [0.25, 0.3) is 0 Å². The van der Waals surface area contributed by atoms with Gasteiger partial charge < -0.3 is 29.0 Å². The van der Waals surface area contributed by atoms with Crippen LogP contribution in [0.4, 0.5) is 0 Å².